The fraction of sp³-hybridized carbons (Fsp3) is 0.353. The van der Waals surface area contributed by atoms with E-state index in [1.54, 1.807) is 17.7 Å². The number of rotatable bonds is 5. The second-order valence-corrected chi connectivity index (χ2v) is 10.00. The van der Waals surface area contributed by atoms with Crippen LogP contribution in [-0.2, 0) is 27.1 Å². The van der Waals surface area contributed by atoms with Gasteiger partial charge in [-0.3, -0.25) is 0 Å². The van der Waals surface area contributed by atoms with Crippen LogP contribution in [0.3, 0.4) is 0 Å². The van der Waals surface area contributed by atoms with Crippen LogP contribution in [0.1, 0.15) is 12.0 Å². The molecule has 1 saturated heterocycles. The average Bonchev–Trinajstić information content (AvgIpc) is 2.93. The monoisotopic (exact) mass is 410 g/mol. The first kappa shape index (κ1) is 19.7. The molecule has 1 aliphatic heterocycles. The first-order chi connectivity index (χ1) is 12.8. The van der Waals surface area contributed by atoms with E-state index in [2.05, 4.69) is 4.98 Å². The Bertz CT molecular complexity index is 1010. The summed E-state index contributed by atoms with van der Waals surface area (Å²) in [5.41, 5.74) is 0.787. The minimum Gasteiger partial charge on any atom is -0.339 e. The van der Waals surface area contributed by atoms with Gasteiger partial charge in [-0.2, -0.15) is 8.61 Å². The number of imidazole rings is 1. The van der Waals surface area contributed by atoms with Crippen LogP contribution in [0.2, 0.25) is 0 Å². The van der Waals surface area contributed by atoms with Gasteiger partial charge in [0.1, 0.15) is 0 Å². The van der Waals surface area contributed by atoms with Crippen molar-refractivity contribution in [3.05, 3.63) is 53.8 Å². The Kier molecular flexibility index (Phi) is 5.80. The molecule has 0 aliphatic carbocycles. The number of hydrogen-bond acceptors (Lipinski definition) is 5. The molecule has 2 aromatic rings. The third-order valence-corrected chi connectivity index (χ3v) is 7.64. The van der Waals surface area contributed by atoms with Crippen LogP contribution in [-0.4, -0.2) is 61.2 Å². The molecule has 0 amide bonds. The molecule has 1 aromatic heterocycles. The van der Waals surface area contributed by atoms with Crippen molar-refractivity contribution >= 4 is 26.1 Å². The molecule has 27 heavy (non-hydrogen) atoms. The third kappa shape index (κ3) is 4.64. The summed E-state index contributed by atoms with van der Waals surface area (Å²) < 4.78 is 54.8. The lowest BCUT2D eigenvalue weighted by Crippen LogP contribution is -2.36. The number of aromatic nitrogens is 2. The lowest BCUT2D eigenvalue weighted by atomic mass is 10.2. The van der Waals surface area contributed by atoms with Gasteiger partial charge in [0.2, 0.25) is 10.0 Å². The van der Waals surface area contributed by atoms with E-state index in [1.165, 1.54) is 26.5 Å². The third-order valence-electron chi connectivity index (χ3n) is 4.29. The van der Waals surface area contributed by atoms with E-state index >= 15 is 0 Å². The lowest BCUT2D eigenvalue weighted by Gasteiger charge is -2.19. The molecule has 0 N–H and O–H groups in total. The van der Waals surface area contributed by atoms with Crippen molar-refractivity contribution < 1.29 is 16.8 Å². The van der Waals surface area contributed by atoms with Gasteiger partial charge in [-0.1, -0.05) is 30.3 Å². The maximum absolute atomic E-state index is 12.7. The van der Waals surface area contributed by atoms with Gasteiger partial charge >= 0.3 is 0 Å². The molecule has 2 heterocycles. The van der Waals surface area contributed by atoms with Gasteiger partial charge in [-0.25, -0.2) is 21.8 Å². The SMILES string of the molecule is Cn1cnc(S(=O)(=O)N2CCCN(S(=O)(=O)/C=C/c3ccccc3)CC2)c1. The van der Waals surface area contributed by atoms with E-state index < -0.39 is 20.0 Å². The number of aryl methyl sites for hydroxylation is 1. The highest BCUT2D eigenvalue weighted by atomic mass is 32.2. The Morgan fingerprint density at radius 3 is 2.30 bits per heavy atom. The highest BCUT2D eigenvalue weighted by Crippen LogP contribution is 2.18. The molecule has 0 spiro atoms. The first-order valence-electron chi connectivity index (χ1n) is 8.50. The van der Waals surface area contributed by atoms with Gasteiger partial charge < -0.3 is 4.57 Å². The molecular formula is C17H22N4O4S2. The van der Waals surface area contributed by atoms with Crippen LogP contribution >= 0.6 is 0 Å². The molecule has 0 saturated carbocycles. The van der Waals surface area contributed by atoms with E-state index in [1.807, 2.05) is 30.3 Å². The molecule has 10 heteroatoms. The van der Waals surface area contributed by atoms with Gasteiger partial charge in [-0.05, 0) is 18.1 Å². The van der Waals surface area contributed by atoms with Crippen LogP contribution in [0.15, 0.2) is 53.3 Å². The van der Waals surface area contributed by atoms with Crippen molar-refractivity contribution in [1.82, 2.24) is 18.2 Å². The van der Waals surface area contributed by atoms with E-state index in [0.717, 1.165) is 5.56 Å². The van der Waals surface area contributed by atoms with Crippen LogP contribution in [0, 0.1) is 0 Å². The zero-order valence-corrected chi connectivity index (χ0v) is 16.6. The summed E-state index contributed by atoms with van der Waals surface area (Å²) in [5.74, 6) is 0. The summed E-state index contributed by atoms with van der Waals surface area (Å²) in [6.45, 7) is 0.730. The predicted octanol–water partition coefficient (Wildman–Crippen LogP) is 1.12. The number of nitrogens with zero attached hydrogens (tertiary/aromatic N) is 4. The summed E-state index contributed by atoms with van der Waals surface area (Å²) in [7, 11) is -5.65. The summed E-state index contributed by atoms with van der Waals surface area (Å²) >= 11 is 0. The molecule has 1 aliphatic rings. The van der Waals surface area contributed by atoms with E-state index in [0.29, 0.717) is 6.42 Å². The van der Waals surface area contributed by atoms with Crippen molar-refractivity contribution in [3.8, 4) is 0 Å². The van der Waals surface area contributed by atoms with Gasteiger partial charge in [0.25, 0.3) is 10.0 Å². The Morgan fingerprint density at radius 2 is 1.63 bits per heavy atom. The minimum absolute atomic E-state index is 0.0229. The van der Waals surface area contributed by atoms with Crippen molar-refractivity contribution in [1.29, 1.82) is 0 Å². The Balaban J connectivity index is 1.71. The fourth-order valence-corrected chi connectivity index (χ4v) is 5.49. The van der Waals surface area contributed by atoms with Crippen LogP contribution in [0.5, 0.6) is 0 Å². The first-order valence-corrected chi connectivity index (χ1v) is 11.4. The molecule has 0 unspecified atom stereocenters. The Morgan fingerprint density at radius 1 is 0.963 bits per heavy atom. The number of hydrogen-bond donors (Lipinski definition) is 0. The number of sulfonamides is 2. The molecule has 1 fully saturated rings. The standard InChI is InChI=1S/C17H22N4O4S2/c1-19-14-17(18-15-19)27(24,25)21-10-5-9-20(11-12-21)26(22,23)13-8-16-6-3-2-4-7-16/h2-4,6-8,13-15H,5,9-12H2,1H3/b13-8+. The molecule has 8 nitrogen and oxygen atoms in total. The topological polar surface area (TPSA) is 92.6 Å². The molecule has 0 radical (unpaired) electrons. The minimum atomic E-state index is -3.73. The molecule has 3 rings (SSSR count). The zero-order chi connectivity index (χ0) is 19.5. The van der Waals surface area contributed by atoms with Crippen LogP contribution in [0.25, 0.3) is 6.08 Å². The van der Waals surface area contributed by atoms with Gasteiger partial charge in [0.15, 0.2) is 5.03 Å². The summed E-state index contributed by atoms with van der Waals surface area (Å²) in [5, 5.41) is 1.15. The highest BCUT2D eigenvalue weighted by molar-refractivity contribution is 7.92. The van der Waals surface area contributed by atoms with E-state index in [9.17, 15) is 16.8 Å². The van der Waals surface area contributed by atoms with Crippen molar-refractivity contribution in [2.75, 3.05) is 26.2 Å². The van der Waals surface area contributed by atoms with Crippen molar-refractivity contribution in [2.45, 2.75) is 11.4 Å². The Hall–Kier alpha value is -2.01. The molecule has 1 aromatic carbocycles. The molecule has 0 bridgehead atoms. The molecular weight excluding hydrogens is 388 g/mol. The van der Waals surface area contributed by atoms with Crippen LogP contribution < -0.4 is 0 Å². The van der Waals surface area contributed by atoms with Crippen molar-refractivity contribution in [2.24, 2.45) is 7.05 Å². The van der Waals surface area contributed by atoms with E-state index in [4.69, 9.17) is 0 Å². The van der Waals surface area contributed by atoms with Gasteiger partial charge in [0.05, 0.1) is 6.33 Å². The number of benzene rings is 1. The second-order valence-electron chi connectivity index (χ2n) is 6.29. The van der Waals surface area contributed by atoms with Crippen molar-refractivity contribution in [3.63, 3.8) is 0 Å². The second kappa shape index (κ2) is 7.93. The molecule has 0 atom stereocenters. The maximum Gasteiger partial charge on any atom is 0.262 e. The lowest BCUT2D eigenvalue weighted by molar-refractivity contribution is 0.406. The van der Waals surface area contributed by atoms with Crippen LogP contribution in [0.4, 0.5) is 0 Å². The summed E-state index contributed by atoms with van der Waals surface area (Å²) in [4.78, 5) is 3.91. The smallest absolute Gasteiger partial charge is 0.262 e. The maximum atomic E-state index is 12.7. The zero-order valence-electron chi connectivity index (χ0n) is 15.0. The molecule has 146 valence electrons. The predicted molar refractivity (Wildman–Crippen MR) is 103 cm³/mol. The quantitative estimate of drug-likeness (QED) is 0.736. The normalized spacial score (nSPS) is 18.0. The summed E-state index contributed by atoms with van der Waals surface area (Å²) in [6, 6.07) is 9.15. The van der Waals surface area contributed by atoms with E-state index in [-0.39, 0.29) is 31.2 Å². The fourth-order valence-electron chi connectivity index (χ4n) is 2.83. The Labute approximate surface area is 159 Å². The largest absolute Gasteiger partial charge is 0.339 e. The average molecular weight is 411 g/mol. The van der Waals surface area contributed by atoms with Gasteiger partial charge in [-0.15, -0.1) is 0 Å². The van der Waals surface area contributed by atoms with Gasteiger partial charge in [0, 0.05) is 44.8 Å². The summed E-state index contributed by atoms with van der Waals surface area (Å²) in [6.07, 6.45) is 4.83. The highest BCUT2D eigenvalue weighted by Gasteiger charge is 2.31.